The Hall–Kier alpha value is -2.38. The van der Waals surface area contributed by atoms with Crippen molar-refractivity contribution in [3.63, 3.8) is 0 Å². The number of esters is 1. The Kier molecular flexibility index (Phi) is 6.55. The Morgan fingerprint density at radius 1 is 1.28 bits per heavy atom. The predicted molar refractivity (Wildman–Crippen MR) is 96.4 cm³/mol. The molecule has 1 amide bonds. The number of hydrogen-bond acceptors (Lipinski definition) is 5. The molecule has 2 heterocycles. The standard InChI is InChI=1S/C17H20N4O3.ClH/c1-24-17(23)12-4-6-13(7-5-12)19-16(22)15-8-10-21(20-15)14-3-2-9-18-11-14;/h4-8,10,14,18H,2-3,9,11H2,1H3,(H,19,22);1H. The molecule has 1 aromatic carbocycles. The van der Waals surface area contributed by atoms with Crippen LogP contribution in [0.25, 0.3) is 0 Å². The molecular weight excluding hydrogens is 344 g/mol. The van der Waals surface area contributed by atoms with Crippen LogP contribution in [0.2, 0.25) is 0 Å². The van der Waals surface area contributed by atoms with Crippen molar-refractivity contribution in [1.82, 2.24) is 15.1 Å². The molecule has 0 radical (unpaired) electrons. The van der Waals surface area contributed by atoms with Gasteiger partial charge in [-0.15, -0.1) is 12.4 Å². The van der Waals surface area contributed by atoms with Crippen LogP contribution in [0.4, 0.5) is 5.69 Å². The van der Waals surface area contributed by atoms with Crippen molar-refractivity contribution in [2.75, 3.05) is 25.5 Å². The van der Waals surface area contributed by atoms with Gasteiger partial charge in [0.2, 0.25) is 0 Å². The number of amides is 1. The van der Waals surface area contributed by atoms with Crippen LogP contribution < -0.4 is 10.6 Å². The quantitative estimate of drug-likeness (QED) is 0.813. The Morgan fingerprint density at radius 2 is 2.04 bits per heavy atom. The number of methoxy groups -OCH3 is 1. The summed E-state index contributed by atoms with van der Waals surface area (Å²) in [6, 6.07) is 8.53. The lowest BCUT2D eigenvalue weighted by Crippen LogP contribution is -2.32. The Balaban J connectivity index is 0.00000225. The number of carbonyl (C=O) groups is 2. The van der Waals surface area contributed by atoms with E-state index in [-0.39, 0.29) is 18.3 Å². The molecule has 0 aliphatic carbocycles. The van der Waals surface area contributed by atoms with Gasteiger partial charge in [-0.3, -0.25) is 9.48 Å². The van der Waals surface area contributed by atoms with Crippen LogP contribution in [-0.2, 0) is 4.74 Å². The number of hydrogen-bond donors (Lipinski definition) is 2. The van der Waals surface area contributed by atoms with Crippen LogP contribution >= 0.6 is 12.4 Å². The zero-order chi connectivity index (χ0) is 16.9. The molecule has 1 atom stereocenters. The number of nitrogens with one attached hydrogen (secondary N) is 2. The largest absolute Gasteiger partial charge is 0.465 e. The van der Waals surface area contributed by atoms with Gasteiger partial charge in [-0.2, -0.15) is 5.10 Å². The van der Waals surface area contributed by atoms with Gasteiger partial charge >= 0.3 is 5.97 Å². The fourth-order valence-electron chi connectivity index (χ4n) is 2.72. The zero-order valence-corrected chi connectivity index (χ0v) is 14.7. The molecular formula is C17H21ClN4O3. The summed E-state index contributed by atoms with van der Waals surface area (Å²) >= 11 is 0. The first-order chi connectivity index (χ1) is 11.7. The first-order valence-electron chi connectivity index (χ1n) is 7.93. The molecule has 1 aliphatic heterocycles. The monoisotopic (exact) mass is 364 g/mol. The number of halogens is 1. The summed E-state index contributed by atoms with van der Waals surface area (Å²) < 4.78 is 6.49. The minimum absolute atomic E-state index is 0. The van der Waals surface area contributed by atoms with Crippen LogP contribution in [0, 0.1) is 0 Å². The van der Waals surface area contributed by atoms with Crippen molar-refractivity contribution in [3.8, 4) is 0 Å². The van der Waals surface area contributed by atoms with Gasteiger partial charge in [0, 0.05) is 18.4 Å². The molecule has 1 aromatic heterocycles. The highest BCUT2D eigenvalue weighted by Crippen LogP contribution is 2.16. The van der Waals surface area contributed by atoms with Crippen LogP contribution in [0.1, 0.15) is 39.7 Å². The maximum Gasteiger partial charge on any atom is 0.337 e. The summed E-state index contributed by atoms with van der Waals surface area (Å²) in [6.07, 6.45) is 4.01. The molecule has 1 fully saturated rings. The minimum Gasteiger partial charge on any atom is -0.465 e. The van der Waals surface area contributed by atoms with Gasteiger partial charge in [0.05, 0.1) is 18.7 Å². The van der Waals surface area contributed by atoms with E-state index < -0.39 is 5.97 Å². The molecule has 25 heavy (non-hydrogen) atoms. The second kappa shape index (κ2) is 8.64. The first-order valence-corrected chi connectivity index (χ1v) is 7.93. The molecule has 3 rings (SSSR count). The van der Waals surface area contributed by atoms with Gasteiger partial charge in [-0.25, -0.2) is 4.79 Å². The van der Waals surface area contributed by atoms with E-state index in [1.807, 2.05) is 10.9 Å². The second-order valence-corrected chi connectivity index (χ2v) is 5.70. The fourth-order valence-corrected chi connectivity index (χ4v) is 2.72. The smallest absolute Gasteiger partial charge is 0.337 e. The summed E-state index contributed by atoms with van der Waals surface area (Å²) in [6.45, 7) is 1.91. The van der Waals surface area contributed by atoms with Gasteiger partial charge in [0.15, 0.2) is 5.69 Å². The van der Waals surface area contributed by atoms with Crippen LogP contribution in [0.5, 0.6) is 0 Å². The average molecular weight is 365 g/mol. The van der Waals surface area contributed by atoms with E-state index in [0.717, 1.165) is 25.9 Å². The number of piperidine rings is 1. The molecule has 134 valence electrons. The molecule has 8 heteroatoms. The highest BCUT2D eigenvalue weighted by molar-refractivity contribution is 6.03. The van der Waals surface area contributed by atoms with Crippen molar-refractivity contribution in [2.24, 2.45) is 0 Å². The Labute approximate surface area is 152 Å². The summed E-state index contributed by atoms with van der Waals surface area (Å²) in [5.74, 6) is -0.684. The van der Waals surface area contributed by atoms with Crippen LogP contribution in [-0.4, -0.2) is 41.9 Å². The summed E-state index contributed by atoms with van der Waals surface area (Å²) in [5, 5.41) is 10.5. The third-order valence-corrected chi connectivity index (χ3v) is 4.05. The molecule has 1 aliphatic rings. The molecule has 7 nitrogen and oxygen atoms in total. The highest BCUT2D eigenvalue weighted by atomic mass is 35.5. The van der Waals surface area contributed by atoms with Crippen molar-refractivity contribution in [1.29, 1.82) is 0 Å². The molecule has 0 bridgehead atoms. The lowest BCUT2D eigenvalue weighted by Gasteiger charge is -2.22. The summed E-state index contributed by atoms with van der Waals surface area (Å²) in [5.41, 5.74) is 1.41. The lowest BCUT2D eigenvalue weighted by molar-refractivity contribution is 0.0600. The van der Waals surface area contributed by atoms with E-state index in [1.165, 1.54) is 7.11 Å². The van der Waals surface area contributed by atoms with E-state index >= 15 is 0 Å². The highest BCUT2D eigenvalue weighted by Gasteiger charge is 2.17. The third kappa shape index (κ3) is 4.58. The molecule has 1 saturated heterocycles. The zero-order valence-electron chi connectivity index (χ0n) is 13.9. The summed E-state index contributed by atoms with van der Waals surface area (Å²) in [4.78, 5) is 23.7. The second-order valence-electron chi connectivity index (χ2n) is 5.70. The van der Waals surface area contributed by atoms with Crippen molar-refractivity contribution in [3.05, 3.63) is 47.8 Å². The third-order valence-electron chi connectivity index (χ3n) is 4.05. The number of rotatable bonds is 4. The fraction of sp³-hybridized carbons (Fsp3) is 0.353. The van der Waals surface area contributed by atoms with E-state index in [2.05, 4.69) is 20.5 Å². The SMILES string of the molecule is COC(=O)c1ccc(NC(=O)c2ccn(C3CCCNC3)n2)cc1.Cl. The van der Waals surface area contributed by atoms with Crippen molar-refractivity contribution in [2.45, 2.75) is 18.9 Å². The molecule has 1 unspecified atom stereocenters. The molecule has 0 saturated carbocycles. The number of anilines is 1. The maximum atomic E-state index is 12.3. The molecule has 0 spiro atoms. The average Bonchev–Trinajstić information content (AvgIpc) is 3.13. The van der Waals surface area contributed by atoms with Gasteiger partial charge < -0.3 is 15.4 Å². The Bertz CT molecular complexity index is 724. The number of nitrogens with zero attached hydrogens (tertiary/aromatic N) is 2. The van der Waals surface area contributed by atoms with E-state index in [4.69, 9.17) is 0 Å². The van der Waals surface area contributed by atoms with E-state index in [9.17, 15) is 9.59 Å². The lowest BCUT2D eigenvalue weighted by atomic mass is 10.1. The molecule has 2 aromatic rings. The van der Waals surface area contributed by atoms with E-state index in [1.54, 1.807) is 30.3 Å². The topological polar surface area (TPSA) is 85.2 Å². The van der Waals surface area contributed by atoms with Crippen molar-refractivity contribution >= 4 is 30.0 Å². The number of ether oxygens (including phenoxy) is 1. The van der Waals surface area contributed by atoms with Crippen LogP contribution in [0.15, 0.2) is 36.5 Å². The normalized spacial score (nSPS) is 16.6. The summed E-state index contributed by atoms with van der Waals surface area (Å²) in [7, 11) is 1.33. The molecule has 2 N–H and O–H groups in total. The number of benzene rings is 1. The van der Waals surface area contributed by atoms with Gasteiger partial charge in [0.1, 0.15) is 0 Å². The minimum atomic E-state index is -0.410. The van der Waals surface area contributed by atoms with Crippen molar-refractivity contribution < 1.29 is 14.3 Å². The van der Waals surface area contributed by atoms with E-state index in [0.29, 0.717) is 23.0 Å². The number of carbonyl (C=O) groups excluding carboxylic acids is 2. The number of aromatic nitrogens is 2. The van der Waals surface area contributed by atoms with Crippen LogP contribution in [0.3, 0.4) is 0 Å². The van der Waals surface area contributed by atoms with Gasteiger partial charge in [-0.05, 0) is 49.7 Å². The van der Waals surface area contributed by atoms with Gasteiger partial charge in [-0.1, -0.05) is 0 Å². The predicted octanol–water partition coefficient (Wildman–Crippen LogP) is 2.27. The van der Waals surface area contributed by atoms with Gasteiger partial charge in [0.25, 0.3) is 5.91 Å². The maximum absolute atomic E-state index is 12.3. The first kappa shape index (κ1) is 19.0. The Morgan fingerprint density at radius 3 is 2.68 bits per heavy atom.